The third kappa shape index (κ3) is 5.46. The zero-order valence-electron chi connectivity index (χ0n) is 16.8. The van der Waals surface area contributed by atoms with E-state index in [2.05, 4.69) is 9.88 Å². The second-order valence-corrected chi connectivity index (χ2v) is 8.43. The number of benzene rings is 2. The molecule has 30 heavy (non-hydrogen) atoms. The maximum absolute atomic E-state index is 13.2. The van der Waals surface area contributed by atoms with Gasteiger partial charge in [-0.25, -0.2) is 4.98 Å². The largest absolute Gasteiger partial charge is 0.309 e. The number of thiazole rings is 1. The van der Waals surface area contributed by atoms with Crippen molar-refractivity contribution in [3.8, 4) is 0 Å². The van der Waals surface area contributed by atoms with E-state index >= 15 is 0 Å². The molecule has 0 saturated heterocycles. The van der Waals surface area contributed by atoms with Crippen LogP contribution in [0.2, 0.25) is 5.02 Å². The molecule has 1 aromatic heterocycles. The van der Waals surface area contributed by atoms with E-state index in [-0.39, 0.29) is 24.0 Å². The Morgan fingerprint density at radius 2 is 1.87 bits per heavy atom. The first-order chi connectivity index (χ1) is 13.8. The highest BCUT2D eigenvalue weighted by atomic mass is 35.5. The van der Waals surface area contributed by atoms with Crippen molar-refractivity contribution in [1.29, 1.82) is 0 Å². The molecule has 0 unspecified atom stereocenters. The number of nitrogens with zero attached hydrogens (tertiary/aromatic N) is 4. The first kappa shape index (κ1) is 24.0. The molecule has 0 aliphatic rings. The maximum Gasteiger partial charge on any atom is 0.269 e. The van der Waals surface area contributed by atoms with Gasteiger partial charge >= 0.3 is 0 Å². The molecule has 0 radical (unpaired) electrons. The summed E-state index contributed by atoms with van der Waals surface area (Å²) in [6.07, 6.45) is 0.765. The third-order valence-corrected chi connectivity index (χ3v) is 5.67. The summed E-state index contributed by atoms with van der Waals surface area (Å²) in [5.41, 5.74) is 2.11. The standard InChI is InChI=1S/C20H21ClN4O3S.ClH/c1-13-11-15(21)12-17-18(13)22-20(29-17)24(10-4-9-23(2)3)19(26)14-5-7-16(8-6-14)25(27)28;/h5-8,11-12H,4,9-10H2,1-3H3;1H. The van der Waals surface area contributed by atoms with Crippen molar-refractivity contribution in [2.24, 2.45) is 0 Å². The van der Waals surface area contributed by atoms with Gasteiger partial charge in [0.1, 0.15) is 0 Å². The number of hydrogen-bond acceptors (Lipinski definition) is 6. The Balaban J connectivity index is 0.00000320. The number of non-ortho nitro benzene ring substituents is 1. The summed E-state index contributed by atoms with van der Waals surface area (Å²) < 4.78 is 0.916. The van der Waals surface area contributed by atoms with Gasteiger partial charge in [0.25, 0.3) is 11.6 Å². The molecule has 0 N–H and O–H groups in total. The van der Waals surface area contributed by atoms with Crippen LogP contribution in [0.5, 0.6) is 0 Å². The molecule has 10 heteroatoms. The number of halogens is 2. The average Bonchev–Trinajstić information content (AvgIpc) is 3.08. The molecule has 1 amide bonds. The number of nitro benzene ring substituents is 1. The zero-order valence-corrected chi connectivity index (χ0v) is 19.2. The van der Waals surface area contributed by atoms with Crippen molar-refractivity contribution in [2.45, 2.75) is 13.3 Å². The topological polar surface area (TPSA) is 79.6 Å². The highest BCUT2D eigenvalue weighted by molar-refractivity contribution is 7.22. The molecule has 1 heterocycles. The fraction of sp³-hybridized carbons (Fsp3) is 0.300. The van der Waals surface area contributed by atoms with Gasteiger partial charge in [-0.3, -0.25) is 19.8 Å². The van der Waals surface area contributed by atoms with Crippen LogP contribution in [-0.4, -0.2) is 47.9 Å². The van der Waals surface area contributed by atoms with Crippen LogP contribution in [0.25, 0.3) is 10.2 Å². The Kier molecular flexibility index (Phi) is 8.14. The van der Waals surface area contributed by atoms with Gasteiger partial charge in [-0.2, -0.15) is 0 Å². The van der Waals surface area contributed by atoms with Crippen molar-refractivity contribution >= 4 is 62.3 Å². The Hall–Kier alpha value is -2.26. The van der Waals surface area contributed by atoms with Crippen LogP contribution in [0.4, 0.5) is 10.8 Å². The van der Waals surface area contributed by atoms with E-state index in [4.69, 9.17) is 11.6 Å². The van der Waals surface area contributed by atoms with Crippen molar-refractivity contribution in [2.75, 3.05) is 32.1 Å². The van der Waals surface area contributed by atoms with Crippen LogP contribution >= 0.6 is 35.3 Å². The lowest BCUT2D eigenvalue weighted by Crippen LogP contribution is -2.33. The number of amides is 1. The smallest absolute Gasteiger partial charge is 0.269 e. The van der Waals surface area contributed by atoms with Crippen molar-refractivity contribution in [3.63, 3.8) is 0 Å². The fourth-order valence-corrected chi connectivity index (χ4v) is 4.41. The Bertz CT molecular complexity index is 1050. The van der Waals surface area contributed by atoms with Gasteiger partial charge < -0.3 is 4.90 Å². The number of aryl methyl sites for hydroxylation is 1. The molecule has 0 aliphatic heterocycles. The number of fused-ring (bicyclic) bond motifs is 1. The number of carbonyl (C=O) groups excluding carboxylic acids is 1. The molecule has 2 aromatic carbocycles. The van der Waals surface area contributed by atoms with Gasteiger partial charge in [-0.15, -0.1) is 12.4 Å². The van der Waals surface area contributed by atoms with E-state index in [9.17, 15) is 14.9 Å². The lowest BCUT2D eigenvalue weighted by molar-refractivity contribution is -0.384. The van der Waals surface area contributed by atoms with E-state index in [0.717, 1.165) is 28.7 Å². The van der Waals surface area contributed by atoms with Crippen molar-refractivity contribution in [1.82, 2.24) is 9.88 Å². The summed E-state index contributed by atoms with van der Waals surface area (Å²) in [5, 5.41) is 12.1. The van der Waals surface area contributed by atoms with Crippen LogP contribution in [0.1, 0.15) is 22.3 Å². The summed E-state index contributed by atoms with van der Waals surface area (Å²) in [4.78, 5) is 32.0. The zero-order chi connectivity index (χ0) is 21.1. The molecule has 160 valence electrons. The maximum atomic E-state index is 13.2. The number of nitro groups is 1. The van der Waals surface area contributed by atoms with Crippen molar-refractivity contribution < 1.29 is 9.72 Å². The van der Waals surface area contributed by atoms with E-state index < -0.39 is 4.92 Å². The van der Waals surface area contributed by atoms with E-state index in [0.29, 0.717) is 22.3 Å². The molecule has 0 spiro atoms. The average molecular weight is 469 g/mol. The minimum absolute atomic E-state index is 0. The quantitative estimate of drug-likeness (QED) is 0.352. The summed E-state index contributed by atoms with van der Waals surface area (Å²) in [6, 6.07) is 9.34. The summed E-state index contributed by atoms with van der Waals surface area (Å²) in [5.74, 6) is -0.235. The molecule has 0 saturated carbocycles. The summed E-state index contributed by atoms with van der Waals surface area (Å²) in [6.45, 7) is 3.24. The lowest BCUT2D eigenvalue weighted by atomic mass is 10.2. The first-order valence-corrected chi connectivity index (χ1v) is 10.2. The number of aromatic nitrogens is 1. The van der Waals surface area contributed by atoms with Crippen LogP contribution in [0.3, 0.4) is 0 Å². The normalized spacial score (nSPS) is 10.8. The Morgan fingerprint density at radius 1 is 1.20 bits per heavy atom. The molecule has 3 aromatic rings. The van der Waals surface area contributed by atoms with Gasteiger partial charge in [0.15, 0.2) is 5.13 Å². The molecule has 0 aliphatic carbocycles. The SMILES string of the molecule is Cc1cc(Cl)cc2sc(N(CCCN(C)C)C(=O)c3ccc([N+](=O)[O-])cc3)nc12.Cl. The van der Waals surface area contributed by atoms with E-state index in [1.54, 1.807) is 4.90 Å². The Morgan fingerprint density at radius 3 is 2.47 bits per heavy atom. The summed E-state index contributed by atoms with van der Waals surface area (Å²) >= 11 is 7.58. The second-order valence-electron chi connectivity index (χ2n) is 6.98. The van der Waals surface area contributed by atoms with Crippen LogP contribution in [-0.2, 0) is 0 Å². The molecular weight excluding hydrogens is 447 g/mol. The number of hydrogen-bond donors (Lipinski definition) is 0. The number of rotatable bonds is 7. The van der Waals surface area contributed by atoms with Gasteiger partial charge in [-0.05, 0) is 63.8 Å². The van der Waals surface area contributed by atoms with Crippen LogP contribution < -0.4 is 4.90 Å². The van der Waals surface area contributed by atoms with Crippen LogP contribution in [0.15, 0.2) is 36.4 Å². The molecular formula is C20H22Cl2N4O3S. The number of anilines is 1. The molecule has 0 fully saturated rings. The van der Waals surface area contributed by atoms with Crippen molar-refractivity contribution in [3.05, 3.63) is 62.7 Å². The summed E-state index contributed by atoms with van der Waals surface area (Å²) in [7, 11) is 3.96. The molecule has 0 bridgehead atoms. The highest BCUT2D eigenvalue weighted by Gasteiger charge is 2.22. The van der Waals surface area contributed by atoms with Gasteiger partial charge in [0, 0.05) is 29.3 Å². The predicted molar refractivity (Wildman–Crippen MR) is 125 cm³/mol. The third-order valence-electron chi connectivity index (χ3n) is 4.43. The van der Waals surface area contributed by atoms with E-state index in [1.807, 2.05) is 33.2 Å². The van der Waals surface area contributed by atoms with Gasteiger partial charge in [-0.1, -0.05) is 22.9 Å². The van der Waals surface area contributed by atoms with Crippen LogP contribution in [0, 0.1) is 17.0 Å². The number of carbonyl (C=O) groups is 1. The van der Waals surface area contributed by atoms with E-state index in [1.165, 1.54) is 35.6 Å². The molecule has 7 nitrogen and oxygen atoms in total. The highest BCUT2D eigenvalue weighted by Crippen LogP contribution is 2.33. The molecule has 0 atom stereocenters. The monoisotopic (exact) mass is 468 g/mol. The van der Waals surface area contributed by atoms with Gasteiger partial charge in [0.05, 0.1) is 15.1 Å². The second kappa shape index (κ2) is 10.2. The first-order valence-electron chi connectivity index (χ1n) is 9.04. The minimum Gasteiger partial charge on any atom is -0.309 e. The minimum atomic E-state index is -0.483. The Labute approximate surface area is 189 Å². The fourth-order valence-electron chi connectivity index (χ4n) is 2.97. The lowest BCUT2D eigenvalue weighted by Gasteiger charge is -2.21. The predicted octanol–water partition coefficient (Wildman–Crippen LogP) is 5.19. The van der Waals surface area contributed by atoms with Gasteiger partial charge in [0.2, 0.25) is 0 Å². The molecule has 3 rings (SSSR count).